The highest BCUT2D eigenvalue weighted by molar-refractivity contribution is 5.98. The lowest BCUT2D eigenvalue weighted by atomic mass is 9.97. The Morgan fingerprint density at radius 2 is 1.95 bits per heavy atom. The van der Waals surface area contributed by atoms with E-state index in [9.17, 15) is 9.59 Å². The summed E-state index contributed by atoms with van der Waals surface area (Å²) >= 11 is 0. The zero-order valence-corrected chi connectivity index (χ0v) is 12.5. The molecule has 0 aromatic heterocycles. The molecule has 1 fully saturated rings. The van der Waals surface area contributed by atoms with Gasteiger partial charge in [0.15, 0.2) is 11.5 Å². The van der Waals surface area contributed by atoms with Crippen molar-refractivity contribution in [3.05, 3.63) is 23.8 Å². The van der Waals surface area contributed by atoms with Gasteiger partial charge in [0, 0.05) is 5.56 Å². The summed E-state index contributed by atoms with van der Waals surface area (Å²) in [5.74, 6) is 0.525. The average molecular weight is 305 g/mol. The van der Waals surface area contributed by atoms with Crippen molar-refractivity contribution in [2.24, 2.45) is 0 Å². The molecule has 1 aromatic carbocycles. The van der Waals surface area contributed by atoms with Crippen molar-refractivity contribution in [1.29, 1.82) is 0 Å². The number of ether oxygens (including phenoxy) is 3. The largest absolute Gasteiger partial charge is 0.464 e. The molecule has 0 bridgehead atoms. The van der Waals surface area contributed by atoms with Crippen molar-refractivity contribution in [1.82, 2.24) is 5.32 Å². The maximum Gasteiger partial charge on any atom is 0.331 e. The summed E-state index contributed by atoms with van der Waals surface area (Å²) in [5, 5.41) is 2.87. The van der Waals surface area contributed by atoms with Crippen molar-refractivity contribution >= 4 is 11.9 Å². The lowest BCUT2D eigenvalue weighted by Gasteiger charge is -2.27. The first-order valence-electron chi connectivity index (χ1n) is 7.54. The van der Waals surface area contributed by atoms with Crippen LogP contribution in [0.2, 0.25) is 0 Å². The molecule has 6 heteroatoms. The molecule has 1 saturated carbocycles. The van der Waals surface area contributed by atoms with E-state index in [-0.39, 0.29) is 18.7 Å². The van der Waals surface area contributed by atoms with Crippen LogP contribution in [0.1, 0.15) is 43.0 Å². The van der Waals surface area contributed by atoms with Crippen LogP contribution in [0.4, 0.5) is 0 Å². The highest BCUT2D eigenvalue weighted by atomic mass is 16.7. The molecule has 0 atom stereocenters. The first-order chi connectivity index (χ1) is 10.6. The monoisotopic (exact) mass is 305 g/mol. The number of carbonyl (C=O) groups excluding carboxylic acids is 2. The molecule has 2 aliphatic rings. The summed E-state index contributed by atoms with van der Waals surface area (Å²) in [5.41, 5.74) is -0.455. The highest BCUT2D eigenvalue weighted by Crippen LogP contribution is 2.34. The molecule has 6 nitrogen and oxygen atoms in total. The second kappa shape index (κ2) is 5.87. The molecule has 0 unspecified atom stereocenters. The third-order valence-corrected chi connectivity index (χ3v) is 4.11. The summed E-state index contributed by atoms with van der Waals surface area (Å²) in [6.07, 6.45) is 3.03. The zero-order valence-electron chi connectivity index (χ0n) is 12.5. The fourth-order valence-electron chi connectivity index (χ4n) is 2.96. The molecular formula is C16H19NO5. The molecule has 0 saturated heterocycles. The van der Waals surface area contributed by atoms with E-state index in [1.807, 2.05) is 0 Å². The van der Waals surface area contributed by atoms with E-state index in [1.165, 1.54) is 0 Å². The van der Waals surface area contributed by atoms with Gasteiger partial charge in [0.05, 0.1) is 6.61 Å². The number of fused-ring (bicyclic) bond motifs is 1. The second-order valence-corrected chi connectivity index (χ2v) is 5.53. The maximum atomic E-state index is 12.5. The van der Waals surface area contributed by atoms with Gasteiger partial charge in [0.1, 0.15) is 5.54 Å². The summed E-state index contributed by atoms with van der Waals surface area (Å²) in [7, 11) is 0. The van der Waals surface area contributed by atoms with Crippen molar-refractivity contribution in [3.8, 4) is 11.5 Å². The smallest absolute Gasteiger partial charge is 0.331 e. The van der Waals surface area contributed by atoms with Gasteiger partial charge in [-0.25, -0.2) is 4.79 Å². The third-order valence-electron chi connectivity index (χ3n) is 4.11. The predicted molar refractivity (Wildman–Crippen MR) is 77.9 cm³/mol. The first-order valence-corrected chi connectivity index (χ1v) is 7.54. The fraction of sp³-hybridized carbons (Fsp3) is 0.500. The SMILES string of the molecule is CCOC(=O)C1(NC(=O)c2ccc3c(c2)OCO3)CCCC1. The maximum absolute atomic E-state index is 12.5. The molecule has 1 N–H and O–H groups in total. The predicted octanol–water partition coefficient (Wildman–Crippen LogP) is 2.02. The topological polar surface area (TPSA) is 73.9 Å². The molecule has 0 radical (unpaired) electrons. The Bertz CT molecular complexity index is 592. The van der Waals surface area contributed by atoms with Gasteiger partial charge in [0.2, 0.25) is 6.79 Å². The van der Waals surface area contributed by atoms with Gasteiger partial charge in [-0.1, -0.05) is 12.8 Å². The number of esters is 1. The molecule has 1 heterocycles. The molecular weight excluding hydrogens is 286 g/mol. The molecule has 0 spiro atoms. The van der Waals surface area contributed by atoms with E-state index in [1.54, 1.807) is 25.1 Å². The van der Waals surface area contributed by atoms with E-state index < -0.39 is 5.54 Å². The van der Waals surface area contributed by atoms with Gasteiger partial charge in [-0.15, -0.1) is 0 Å². The van der Waals surface area contributed by atoms with Crippen LogP contribution in [0.25, 0.3) is 0 Å². The van der Waals surface area contributed by atoms with Crippen LogP contribution in [0, 0.1) is 0 Å². The van der Waals surface area contributed by atoms with Crippen molar-refractivity contribution in [3.63, 3.8) is 0 Å². The molecule has 3 rings (SSSR count). The number of amides is 1. The quantitative estimate of drug-likeness (QED) is 0.862. The van der Waals surface area contributed by atoms with Gasteiger partial charge in [-0.2, -0.15) is 0 Å². The van der Waals surface area contributed by atoms with Gasteiger partial charge < -0.3 is 19.5 Å². The number of nitrogens with one attached hydrogen (secondary N) is 1. The Balaban J connectivity index is 1.78. The molecule has 22 heavy (non-hydrogen) atoms. The minimum Gasteiger partial charge on any atom is -0.464 e. The van der Waals surface area contributed by atoms with Gasteiger partial charge in [0.25, 0.3) is 5.91 Å². The Labute approximate surface area is 128 Å². The average Bonchev–Trinajstić information content (AvgIpc) is 3.16. The van der Waals surface area contributed by atoms with Crippen LogP contribution in [0.15, 0.2) is 18.2 Å². The van der Waals surface area contributed by atoms with Crippen molar-refractivity contribution in [2.45, 2.75) is 38.1 Å². The van der Waals surface area contributed by atoms with Crippen LogP contribution >= 0.6 is 0 Å². The second-order valence-electron chi connectivity index (χ2n) is 5.53. The lowest BCUT2D eigenvalue weighted by molar-refractivity contribution is -0.150. The van der Waals surface area contributed by atoms with Crippen LogP contribution in [0.3, 0.4) is 0 Å². The normalized spacial score (nSPS) is 18.0. The summed E-state index contributed by atoms with van der Waals surface area (Å²) in [6.45, 7) is 2.23. The van der Waals surface area contributed by atoms with E-state index in [0.29, 0.717) is 36.5 Å². The zero-order chi connectivity index (χ0) is 15.6. The van der Waals surface area contributed by atoms with Gasteiger partial charge in [-0.3, -0.25) is 4.79 Å². The Morgan fingerprint density at radius 1 is 1.23 bits per heavy atom. The molecule has 1 aromatic rings. The van der Waals surface area contributed by atoms with Crippen LogP contribution in [0.5, 0.6) is 11.5 Å². The molecule has 1 aliphatic heterocycles. The number of rotatable bonds is 4. The summed E-state index contributed by atoms with van der Waals surface area (Å²) < 4.78 is 15.6. The first kappa shape index (κ1) is 14.7. The van der Waals surface area contributed by atoms with Crippen LogP contribution in [-0.4, -0.2) is 30.8 Å². The van der Waals surface area contributed by atoms with Gasteiger partial charge >= 0.3 is 5.97 Å². The van der Waals surface area contributed by atoms with Crippen LogP contribution < -0.4 is 14.8 Å². The molecule has 118 valence electrons. The van der Waals surface area contributed by atoms with E-state index in [0.717, 1.165) is 12.8 Å². The van der Waals surface area contributed by atoms with Crippen LogP contribution in [-0.2, 0) is 9.53 Å². The minimum absolute atomic E-state index is 0.160. The van der Waals surface area contributed by atoms with Crippen molar-refractivity contribution in [2.75, 3.05) is 13.4 Å². The number of benzene rings is 1. The summed E-state index contributed by atoms with van der Waals surface area (Å²) in [6, 6.07) is 4.99. The van der Waals surface area contributed by atoms with E-state index >= 15 is 0 Å². The highest BCUT2D eigenvalue weighted by Gasteiger charge is 2.44. The standard InChI is InChI=1S/C16H19NO5/c1-2-20-15(19)16(7-3-4-8-16)17-14(18)11-5-6-12-13(9-11)22-10-21-12/h5-6,9H,2-4,7-8,10H2,1H3,(H,17,18). The molecule has 1 aliphatic carbocycles. The minimum atomic E-state index is -0.899. The fourth-order valence-corrected chi connectivity index (χ4v) is 2.96. The Kier molecular flexibility index (Phi) is 3.92. The van der Waals surface area contributed by atoms with Gasteiger partial charge in [-0.05, 0) is 38.0 Å². The van der Waals surface area contributed by atoms with E-state index in [2.05, 4.69) is 5.32 Å². The number of hydrogen-bond donors (Lipinski definition) is 1. The lowest BCUT2D eigenvalue weighted by Crippen LogP contribution is -2.53. The Hall–Kier alpha value is -2.24. The number of carbonyl (C=O) groups is 2. The third kappa shape index (κ3) is 2.61. The van der Waals surface area contributed by atoms with E-state index in [4.69, 9.17) is 14.2 Å². The van der Waals surface area contributed by atoms with Crippen molar-refractivity contribution < 1.29 is 23.8 Å². The summed E-state index contributed by atoms with van der Waals surface area (Å²) in [4.78, 5) is 24.7. The molecule has 1 amide bonds. The Morgan fingerprint density at radius 3 is 2.68 bits per heavy atom. The number of hydrogen-bond acceptors (Lipinski definition) is 5.